The van der Waals surface area contributed by atoms with Crippen LogP contribution >= 0.6 is 24.8 Å². The van der Waals surface area contributed by atoms with Crippen molar-refractivity contribution in [3.63, 3.8) is 0 Å². The van der Waals surface area contributed by atoms with Crippen molar-refractivity contribution in [2.45, 2.75) is 19.0 Å². The molecule has 1 aliphatic rings. The Kier molecular flexibility index (Phi) is 6.42. The van der Waals surface area contributed by atoms with Crippen LogP contribution < -0.4 is 5.73 Å². The number of carbonyl (C=O) groups is 1. The van der Waals surface area contributed by atoms with Gasteiger partial charge in [0.2, 0.25) is 5.89 Å². The number of carbonyl (C=O) groups excluding carboxylic acids is 1. The minimum absolute atomic E-state index is 0. The molecule has 4 rings (SSSR count). The van der Waals surface area contributed by atoms with E-state index in [0.29, 0.717) is 19.0 Å². The summed E-state index contributed by atoms with van der Waals surface area (Å²) in [6.45, 7) is 1.19. The van der Waals surface area contributed by atoms with Gasteiger partial charge in [0.25, 0.3) is 5.91 Å². The number of rotatable bonds is 3. The van der Waals surface area contributed by atoms with Crippen molar-refractivity contribution in [3.05, 3.63) is 71.5 Å². The van der Waals surface area contributed by atoms with E-state index < -0.39 is 0 Å². The number of hydrogen-bond donors (Lipinski definition) is 2. The Morgan fingerprint density at radius 1 is 1.31 bits per heavy atom. The SMILES string of the molecule is Cl.Cl.NCc1nc(C(=O)N2Cc3[nH]cnc3C(c3ccccc3)C2)co1. The molecule has 138 valence electrons. The van der Waals surface area contributed by atoms with Crippen molar-refractivity contribution in [2.24, 2.45) is 5.73 Å². The fourth-order valence-electron chi connectivity index (χ4n) is 3.09. The molecule has 3 N–H and O–H groups in total. The number of fused-ring (bicyclic) bond motifs is 1. The number of nitrogens with two attached hydrogens (primary N) is 1. The molecule has 0 saturated carbocycles. The normalized spacial score (nSPS) is 15.6. The van der Waals surface area contributed by atoms with Crippen LogP contribution in [0.5, 0.6) is 0 Å². The quantitative estimate of drug-likeness (QED) is 0.709. The number of amides is 1. The average Bonchev–Trinajstić information content (AvgIpc) is 3.30. The highest BCUT2D eigenvalue weighted by Crippen LogP contribution is 2.31. The molecule has 1 atom stereocenters. The third-order valence-corrected chi connectivity index (χ3v) is 4.27. The summed E-state index contributed by atoms with van der Waals surface area (Å²) in [6.07, 6.45) is 3.04. The van der Waals surface area contributed by atoms with Gasteiger partial charge in [-0.2, -0.15) is 0 Å². The number of benzene rings is 1. The number of hydrogen-bond acceptors (Lipinski definition) is 5. The Balaban J connectivity index is 0.00000121. The number of H-pyrrole nitrogens is 1. The van der Waals surface area contributed by atoms with Gasteiger partial charge in [0.05, 0.1) is 30.8 Å². The van der Waals surface area contributed by atoms with Crippen LogP contribution in [-0.4, -0.2) is 32.3 Å². The van der Waals surface area contributed by atoms with Crippen LogP contribution in [0.25, 0.3) is 0 Å². The van der Waals surface area contributed by atoms with Gasteiger partial charge < -0.3 is 20.0 Å². The molecular formula is C17H19Cl2N5O2. The van der Waals surface area contributed by atoms with Gasteiger partial charge in [-0.15, -0.1) is 24.8 Å². The molecule has 1 aliphatic heterocycles. The zero-order valence-electron chi connectivity index (χ0n) is 13.8. The first-order valence-corrected chi connectivity index (χ1v) is 7.77. The second kappa shape index (κ2) is 8.35. The third-order valence-electron chi connectivity index (χ3n) is 4.27. The van der Waals surface area contributed by atoms with Gasteiger partial charge >= 0.3 is 0 Å². The smallest absolute Gasteiger partial charge is 0.276 e. The van der Waals surface area contributed by atoms with E-state index in [0.717, 1.165) is 17.0 Å². The number of halogens is 2. The molecule has 1 aromatic carbocycles. The molecule has 26 heavy (non-hydrogen) atoms. The number of nitrogens with one attached hydrogen (secondary N) is 1. The van der Waals surface area contributed by atoms with E-state index in [2.05, 4.69) is 27.1 Å². The van der Waals surface area contributed by atoms with Gasteiger partial charge in [0, 0.05) is 12.5 Å². The molecule has 9 heteroatoms. The summed E-state index contributed by atoms with van der Waals surface area (Å²) in [7, 11) is 0. The minimum atomic E-state index is -0.167. The van der Waals surface area contributed by atoms with Crippen molar-refractivity contribution in [2.75, 3.05) is 6.54 Å². The van der Waals surface area contributed by atoms with E-state index in [1.54, 1.807) is 11.2 Å². The Morgan fingerprint density at radius 3 is 2.77 bits per heavy atom. The fourth-order valence-corrected chi connectivity index (χ4v) is 3.09. The first-order valence-electron chi connectivity index (χ1n) is 7.77. The second-order valence-corrected chi connectivity index (χ2v) is 5.75. The molecule has 0 fully saturated rings. The molecule has 0 bridgehead atoms. The van der Waals surface area contributed by atoms with Crippen LogP contribution in [-0.2, 0) is 13.1 Å². The highest BCUT2D eigenvalue weighted by molar-refractivity contribution is 5.92. The molecule has 0 saturated heterocycles. The van der Waals surface area contributed by atoms with E-state index in [1.807, 2.05) is 18.2 Å². The molecule has 3 heterocycles. The maximum atomic E-state index is 12.8. The van der Waals surface area contributed by atoms with Crippen molar-refractivity contribution in [1.29, 1.82) is 0 Å². The second-order valence-electron chi connectivity index (χ2n) is 5.75. The molecule has 1 amide bonds. The van der Waals surface area contributed by atoms with Crippen molar-refractivity contribution < 1.29 is 9.21 Å². The molecule has 2 aromatic heterocycles. The lowest BCUT2D eigenvalue weighted by Crippen LogP contribution is -2.39. The highest BCUT2D eigenvalue weighted by Gasteiger charge is 2.32. The molecule has 7 nitrogen and oxygen atoms in total. The summed E-state index contributed by atoms with van der Waals surface area (Å²) in [5, 5.41) is 0. The molecule has 0 spiro atoms. The Hall–Kier alpha value is -2.35. The van der Waals surface area contributed by atoms with Crippen LogP contribution in [0, 0.1) is 0 Å². The van der Waals surface area contributed by atoms with Gasteiger partial charge in [0.1, 0.15) is 6.26 Å². The number of imidazole rings is 1. The van der Waals surface area contributed by atoms with Crippen molar-refractivity contribution in [1.82, 2.24) is 19.9 Å². The highest BCUT2D eigenvalue weighted by atomic mass is 35.5. The zero-order chi connectivity index (χ0) is 16.5. The summed E-state index contributed by atoms with van der Waals surface area (Å²) in [4.78, 5) is 26.3. The van der Waals surface area contributed by atoms with Gasteiger partial charge in [-0.05, 0) is 5.56 Å². The monoisotopic (exact) mass is 395 g/mol. The van der Waals surface area contributed by atoms with E-state index in [4.69, 9.17) is 10.2 Å². The fraction of sp³-hybridized carbons (Fsp3) is 0.235. The Labute approximate surface area is 162 Å². The Morgan fingerprint density at radius 2 is 2.08 bits per heavy atom. The minimum Gasteiger partial charge on any atom is -0.447 e. The maximum Gasteiger partial charge on any atom is 0.276 e. The largest absolute Gasteiger partial charge is 0.447 e. The van der Waals surface area contributed by atoms with Gasteiger partial charge in [-0.1, -0.05) is 30.3 Å². The predicted molar refractivity (Wildman–Crippen MR) is 101 cm³/mol. The van der Waals surface area contributed by atoms with Crippen LogP contribution in [0.2, 0.25) is 0 Å². The maximum absolute atomic E-state index is 12.8. The van der Waals surface area contributed by atoms with Gasteiger partial charge in [-0.3, -0.25) is 4.79 Å². The van der Waals surface area contributed by atoms with E-state index in [9.17, 15) is 4.79 Å². The zero-order valence-corrected chi connectivity index (χ0v) is 15.4. The molecular weight excluding hydrogens is 377 g/mol. The molecule has 0 radical (unpaired) electrons. The lowest BCUT2D eigenvalue weighted by atomic mass is 9.91. The number of aromatic amines is 1. The molecule has 0 aliphatic carbocycles. The number of oxazole rings is 1. The first-order chi connectivity index (χ1) is 11.8. The third kappa shape index (κ3) is 3.60. The van der Waals surface area contributed by atoms with Crippen LogP contribution in [0.15, 0.2) is 47.3 Å². The Bertz CT molecular complexity index is 865. The van der Waals surface area contributed by atoms with Gasteiger partial charge in [0.15, 0.2) is 5.69 Å². The lowest BCUT2D eigenvalue weighted by molar-refractivity contribution is 0.0716. The first kappa shape index (κ1) is 20.0. The average molecular weight is 396 g/mol. The lowest BCUT2D eigenvalue weighted by Gasteiger charge is -2.31. The standard InChI is InChI=1S/C17H17N5O2.2ClH/c18-6-15-21-14(9-24-15)17(23)22-7-12(11-4-2-1-3-5-11)16-13(8-22)19-10-20-16;;/h1-5,9-10,12H,6-8,18H2,(H,19,20);2*1H. The summed E-state index contributed by atoms with van der Waals surface area (Å²) in [5.74, 6) is 0.225. The van der Waals surface area contributed by atoms with E-state index >= 15 is 0 Å². The van der Waals surface area contributed by atoms with Crippen molar-refractivity contribution >= 4 is 30.7 Å². The van der Waals surface area contributed by atoms with E-state index in [1.165, 1.54) is 6.26 Å². The van der Waals surface area contributed by atoms with Crippen molar-refractivity contribution in [3.8, 4) is 0 Å². The van der Waals surface area contributed by atoms with Crippen LogP contribution in [0.3, 0.4) is 0 Å². The number of aromatic nitrogens is 3. The van der Waals surface area contributed by atoms with Crippen LogP contribution in [0.1, 0.15) is 39.2 Å². The van der Waals surface area contributed by atoms with E-state index in [-0.39, 0.29) is 48.9 Å². The van der Waals surface area contributed by atoms with Gasteiger partial charge in [-0.25, -0.2) is 9.97 Å². The summed E-state index contributed by atoms with van der Waals surface area (Å²) in [6, 6.07) is 10.1. The molecule has 3 aromatic rings. The summed E-state index contributed by atoms with van der Waals surface area (Å²) in [5.41, 5.74) is 8.85. The number of nitrogens with zero attached hydrogens (tertiary/aromatic N) is 3. The summed E-state index contributed by atoms with van der Waals surface area (Å²) >= 11 is 0. The summed E-state index contributed by atoms with van der Waals surface area (Å²) < 4.78 is 5.19. The molecule has 1 unspecified atom stereocenters. The van der Waals surface area contributed by atoms with Crippen LogP contribution in [0.4, 0.5) is 0 Å². The predicted octanol–water partition coefficient (Wildman–Crippen LogP) is 2.49. The topological polar surface area (TPSA) is 101 Å².